The van der Waals surface area contributed by atoms with Gasteiger partial charge in [0.2, 0.25) is 0 Å². The molecule has 2 aromatic heterocycles. The van der Waals surface area contributed by atoms with Crippen molar-refractivity contribution in [2.45, 2.75) is 34.1 Å². The van der Waals surface area contributed by atoms with Gasteiger partial charge in [-0.1, -0.05) is 35.9 Å². The normalized spacial score (nSPS) is 15.1. The summed E-state index contributed by atoms with van der Waals surface area (Å²) in [6, 6.07) is 15.6. The molecule has 0 unspecified atom stereocenters. The molecule has 3 heterocycles. The average molecular weight is 399 g/mol. The number of para-hydroxylation sites is 1. The van der Waals surface area contributed by atoms with E-state index in [4.69, 9.17) is 4.98 Å². The van der Waals surface area contributed by atoms with Crippen LogP contribution in [0.5, 0.6) is 0 Å². The third kappa shape index (κ3) is 3.07. The number of hydrogen-bond acceptors (Lipinski definition) is 3. The van der Waals surface area contributed by atoms with Crippen LogP contribution in [0.25, 0.3) is 27.6 Å². The number of rotatable bonds is 2. The molecule has 1 fully saturated rings. The van der Waals surface area contributed by atoms with E-state index in [1.54, 1.807) is 0 Å². The fraction of sp³-hybridized carbons (Fsp3) is 0.346. The number of aryl methyl sites for hydroxylation is 4. The summed E-state index contributed by atoms with van der Waals surface area (Å²) in [5.41, 5.74) is 9.83. The minimum Gasteiger partial charge on any atom is -0.370 e. The summed E-state index contributed by atoms with van der Waals surface area (Å²) in [6.07, 6.45) is 1.16. The largest absolute Gasteiger partial charge is 0.370 e. The van der Waals surface area contributed by atoms with Crippen LogP contribution in [-0.2, 0) is 0 Å². The predicted octanol–water partition coefficient (Wildman–Crippen LogP) is 5.21. The molecule has 0 bridgehead atoms. The lowest BCUT2D eigenvalue weighted by atomic mass is 10.0. The van der Waals surface area contributed by atoms with Gasteiger partial charge in [0.1, 0.15) is 5.65 Å². The van der Waals surface area contributed by atoms with E-state index < -0.39 is 0 Å². The minimum absolute atomic E-state index is 1.03. The first-order valence-corrected chi connectivity index (χ1v) is 11.0. The molecule has 4 nitrogen and oxygen atoms in total. The Kier molecular flexibility index (Phi) is 4.75. The van der Waals surface area contributed by atoms with Crippen molar-refractivity contribution in [3.05, 3.63) is 64.8 Å². The highest BCUT2D eigenvalue weighted by Crippen LogP contribution is 2.39. The van der Waals surface area contributed by atoms with E-state index in [-0.39, 0.29) is 0 Å². The van der Waals surface area contributed by atoms with E-state index in [9.17, 15) is 0 Å². The van der Waals surface area contributed by atoms with E-state index in [2.05, 4.69) is 84.9 Å². The monoisotopic (exact) mass is 398 g/mol. The van der Waals surface area contributed by atoms with Crippen molar-refractivity contribution >= 4 is 27.6 Å². The first-order chi connectivity index (χ1) is 14.5. The van der Waals surface area contributed by atoms with Crippen LogP contribution in [0, 0.1) is 27.7 Å². The van der Waals surface area contributed by atoms with E-state index in [0.29, 0.717) is 0 Å². The molecule has 0 spiro atoms. The van der Waals surface area contributed by atoms with Gasteiger partial charge in [-0.2, -0.15) is 0 Å². The molecule has 1 N–H and O–H groups in total. The molecule has 0 atom stereocenters. The Balaban J connectivity index is 1.89. The lowest BCUT2D eigenvalue weighted by molar-refractivity contribution is 0.724. The molecule has 2 aromatic carbocycles. The standard InChI is InChI=1S/C26H30N4/c1-17-14-18(2)25(19(3)15-17)30-22-9-6-5-8-21(22)24-23(16-20(4)28-26(24)30)29-12-7-10-27-11-13-29/h5-6,8-9,14-16,27H,7,10-13H2,1-4H3. The number of nitrogens with zero attached hydrogens (tertiary/aromatic N) is 3. The van der Waals surface area contributed by atoms with Crippen molar-refractivity contribution in [1.82, 2.24) is 14.9 Å². The minimum atomic E-state index is 1.03. The first-order valence-electron chi connectivity index (χ1n) is 11.0. The van der Waals surface area contributed by atoms with Crippen molar-refractivity contribution in [3.8, 4) is 5.69 Å². The summed E-state index contributed by atoms with van der Waals surface area (Å²) in [6.45, 7) is 12.9. The Morgan fingerprint density at radius 2 is 1.67 bits per heavy atom. The molecule has 1 saturated heterocycles. The van der Waals surface area contributed by atoms with Gasteiger partial charge < -0.3 is 10.2 Å². The summed E-state index contributed by atoms with van der Waals surface area (Å²) in [7, 11) is 0. The molecular weight excluding hydrogens is 368 g/mol. The van der Waals surface area contributed by atoms with Gasteiger partial charge in [0.15, 0.2) is 0 Å². The van der Waals surface area contributed by atoms with Gasteiger partial charge in [-0.3, -0.25) is 4.57 Å². The van der Waals surface area contributed by atoms with Crippen molar-refractivity contribution in [2.75, 3.05) is 31.1 Å². The van der Waals surface area contributed by atoms with Gasteiger partial charge in [0, 0.05) is 30.7 Å². The fourth-order valence-electron chi connectivity index (χ4n) is 5.14. The van der Waals surface area contributed by atoms with Crippen LogP contribution in [0.4, 0.5) is 5.69 Å². The van der Waals surface area contributed by atoms with Gasteiger partial charge in [0.05, 0.1) is 22.3 Å². The number of benzene rings is 2. The maximum atomic E-state index is 5.09. The molecule has 4 aromatic rings. The van der Waals surface area contributed by atoms with Crippen LogP contribution in [0.15, 0.2) is 42.5 Å². The second-order valence-electron chi connectivity index (χ2n) is 8.67. The second kappa shape index (κ2) is 7.44. The van der Waals surface area contributed by atoms with Crippen LogP contribution < -0.4 is 10.2 Å². The molecule has 0 radical (unpaired) electrons. The maximum absolute atomic E-state index is 5.09. The number of nitrogens with one attached hydrogen (secondary N) is 1. The molecule has 4 heteroatoms. The van der Waals surface area contributed by atoms with Crippen molar-refractivity contribution < 1.29 is 0 Å². The smallest absolute Gasteiger partial charge is 0.147 e. The zero-order valence-corrected chi connectivity index (χ0v) is 18.4. The van der Waals surface area contributed by atoms with Gasteiger partial charge in [-0.15, -0.1) is 0 Å². The molecule has 0 aliphatic carbocycles. The zero-order chi connectivity index (χ0) is 20.8. The van der Waals surface area contributed by atoms with Crippen LogP contribution in [-0.4, -0.2) is 35.7 Å². The third-order valence-corrected chi connectivity index (χ3v) is 6.27. The zero-order valence-electron chi connectivity index (χ0n) is 18.4. The number of hydrogen-bond donors (Lipinski definition) is 1. The first kappa shape index (κ1) is 19.1. The Morgan fingerprint density at radius 1 is 0.900 bits per heavy atom. The van der Waals surface area contributed by atoms with E-state index in [0.717, 1.165) is 43.9 Å². The SMILES string of the molecule is Cc1cc(C)c(-n2c3ccccc3c3c(N4CCCNCC4)cc(C)nc32)c(C)c1. The number of anilines is 1. The number of fused-ring (bicyclic) bond motifs is 3. The van der Waals surface area contributed by atoms with Gasteiger partial charge in [-0.05, 0) is 63.9 Å². The van der Waals surface area contributed by atoms with E-state index in [1.807, 2.05) is 0 Å². The van der Waals surface area contributed by atoms with Crippen LogP contribution in [0.2, 0.25) is 0 Å². The lowest BCUT2D eigenvalue weighted by Crippen LogP contribution is -2.28. The van der Waals surface area contributed by atoms with Crippen molar-refractivity contribution in [1.29, 1.82) is 0 Å². The summed E-state index contributed by atoms with van der Waals surface area (Å²) >= 11 is 0. The molecule has 0 saturated carbocycles. The predicted molar refractivity (Wildman–Crippen MR) is 127 cm³/mol. The molecule has 1 aliphatic heterocycles. The molecule has 1 aliphatic rings. The van der Waals surface area contributed by atoms with Crippen LogP contribution in [0.1, 0.15) is 28.8 Å². The van der Waals surface area contributed by atoms with Crippen molar-refractivity contribution in [2.24, 2.45) is 0 Å². The molecule has 30 heavy (non-hydrogen) atoms. The van der Waals surface area contributed by atoms with Crippen LogP contribution in [0.3, 0.4) is 0 Å². The summed E-state index contributed by atoms with van der Waals surface area (Å²) < 4.78 is 2.39. The molecular formula is C26H30N4. The van der Waals surface area contributed by atoms with Crippen molar-refractivity contribution in [3.63, 3.8) is 0 Å². The topological polar surface area (TPSA) is 33.1 Å². The van der Waals surface area contributed by atoms with Gasteiger partial charge >= 0.3 is 0 Å². The second-order valence-corrected chi connectivity index (χ2v) is 8.67. The Morgan fingerprint density at radius 3 is 2.47 bits per heavy atom. The highest BCUT2D eigenvalue weighted by Gasteiger charge is 2.22. The van der Waals surface area contributed by atoms with Gasteiger partial charge in [0.25, 0.3) is 0 Å². The summed E-state index contributed by atoms with van der Waals surface area (Å²) in [5.74, 6) is 0. The highest BCUT2D eigenvalue weighted by molar-refractivity contribution is 6.14. The molecule has 154 valence electrons. The summed E-state index contributed by atoms with van der Waals surface area (Å²) in [4.78, 5) is 7.64. The highest BCUT2D eigenvalue weighted by atomic mass is 15.2. The van der Waals surface area contributed by atoms with E-state index >= 15 is 0 Å². The average Bonchev–Trinajstić information content (AvgIpc) is 2.86. The van der Waals surface area contributed by atoms with Crippen LogP contribution >= 0.6 is 0 Å². The Labute approximate surface area is 178 Å². The lowest BCUT2D eigenvalue weighted by Gasteiger charge is -2.24. The number of pyridine rings is 1. The maximum Gasteiger partial charge on any atom is 0.147 e. The quantitative estimate of drug-likeness (QED) is 0.503. The molecule has 0 amide bonds. The number of aromatic nitrogens is 2. The Bertz CT molecular complexity index is 1220. The van der Waals surface area contributed by atoms with E-state index in [1.165, 1.54) is 44.4 Å². The Hall–Kier alpha value is -2.85. The third-order valence-electron chi connectivity index (χ3n) is 6.27. The summed E-state index contributed by atoms with van der Waals surface area (Å²) in [5, 5.41) is 6.09. The van der Waals surface area contributed by atoms with Gasteiger partial charge in [-0.25, -0.2) is 4.98 Å². The fourth-order valence-corrected chi connectivity index (χ4v) is 5.14. The molecule has 5 rings (SSSR count).